The molecule has 6 heteroatoms. The molecule has 0 saturated heterocycles. The fourth-order valence-electron chi connectivity index (χ4n) is 2.54. The quantitative estimate of drug-likeness (QED) is 0.943. The van der Waals surface area contributed by atoms with Gasteiger partial charge in [0.15, 0.2) is 0 Å². The smallest absolute Gasteiger partial charge is 0.0834 e. The molecule has 2 aromatic heterocycles. The molecule has 0 saturated carbocycles. The third-order valence-electron chi connectivity index (χ3n) is 3.71. The molecule has 0 aliphatic rings. The van der Waals surface area contributed by atoms with Crippen LogP contribution in [0.25, 0.3) is 0 Å². The molecule has 5 nitrogen and oxygen atoms in total. The van der Waals surface area contributed by atoms with Gasteiger partial charge in [-0.3, -0.25) is 9.36 Å². The van der Waals surface area contributed by atoms with Crippen molar-refractivity contribution in [1.82, 2.24) is 19.6 Å². The third-order valence-corrected chi connectivity index (χ3v) is 4.00. The SMILES string of the molecule is Cc1nn(C)c(C)c1CC(N)c1c(Cl)cnn1C(C)C. The van der Waals surface area contributed by atoms with Gasteiger partial charge >= 0.3 is 0 Å². The predicted octanol–water partition coefficient (Wildman–Crippen LogP) is 2.71. The lowest BCUT2D eigenvalue weighted by Crippen LogP contribution is -2.20. The van der Waals surface area contributed by atoms with E-state index < -0.39 is 0 Å². The van der Waals surface area contributed by atoms with Gasteiger partial charge in [0.2, 0.25) is 0 Å². The van der Waals surface area contributed by atoms with Crippen LogP contribution in [0.5, 0.6) is 0 Å². The normalized spacial score (nSPS) is 13.2. The van der Waals surface area contributed by atoms with E-state index in [1.54, 1.807) is 6.20 Å². The largest absolute Gasteiger partial charge is 0.322 e. The van der Waals surface area contributed by atoms with Crippen molar-refractivity contribution in [1.29, 1.82) is 0 Å². The molecule has 0 aromatic carbocycles. The van der Waals surface area contributed by atoms with Gasteiger partial charge in [-0.15, -0.1) is 0 Å². The van der Waals surface area contributed by atoms with E-state index in [9.17, 15) is 0 Å². The number of hydrogen-bond acceptors (Lipinski definition) is 3. The van der Waals surface area contributed by atoms with Crippen molar-refractivity contribution in [2.45, 2.75) is 46.2 Å². The summed E-state index contributed by atoms with van der Waals surface area (Å²) in [5.74, 6) is 0. The number of nitrogens with two attached hydrogens (primary N) is 1. The third kappa shape index (κ3) is 2.60. The van der Waals surface area contributed by atoms with Crippen LogP contribution in [-0.4, -0.2) is 19.6 Å². The zero-order valence-electron chi connectivity index (χ0n) is 12.7. The zero-order chi connectivity index (χ0) is 15.0. The monoisotopic (exact) mass is 295 g/mol. The molecule has 1 atom stereocenters. The number of rotatable bonds is 4. The Morgan fingerprint density at radius 2 is 2.00 bits per heavy atom. The molecule has 0 radical (unpaired) electrons. The van der Waals surface area contributed by atoms with Crippen molar-refractivity contribution in [3.05, 3.63) is 33.9 Å². The number of nitrogens with zero attached hydrogens (tertiary/aromatic N) is 4. The van der Waals surface area contributed by atoms with Crippen molar-refractivity contribution in [2.24, 2.45) is 12.8 Å². The van der Waals surface area contributed by atoms with Crippen LogP contribution in [0.1, 0.15) is 48.6 Å². The Morgan fingerprint density at radius 1 is 1.35 bits per heavy atom. The topological polar surface area (TPSA) is 61.7 Å². The number of hydrogen-bond donors (Lipinski definition) is 1. The van der Waals surface area contributed by atoms with E-state index in [-0.39, 0.29) is 12.1 Å². The Morgan fingerprint density at radius 3 is 2.50 bits per heavy atom. The predicted molar refractivity (Wildman–Crippen MR) is 80.9 cm³/mol. The highest BCUT2D eigenvalue weighted by Crippen LogP contribution is 2.27. The van der Waals surface area contributed by atoms with E-state index in [1.807, 2.05) is 23.3 Å². The Labute approximate surface area is 124 Å². The van der Waals surface area contributed by atoms with Crippen LogP contribution in [0.4, 0.5) is 0 Å². The minimum atomic E-state index is -0.186. The molecule has 0 amide bonds. The average Bonchev–Trinajstić information content (AvgIpc) is 2.85. The molecule has 0 fully saturated rings. The lowest BCUT2D eigenvalue weighted by atomic mass is 10.0. The summed E-state index contributed by atoms with van der Waals surface area (Å²) in [6.45, 7) is 8.21. The Kier molecular flexibility index (Phi) is 4.20. The van der Waals surface area contributed by atoms with E-state index >= 15 is 0 Å². The summed E-state index contributed by atoms with van der Waals surface area (Å²) in [7, 11) is 1.95. The first-order valence-electron chi connectivity index (χ1n) is 6.80. The zero-order valence-corrected chi connectivity index (χ0v) is 13.4. The minimum absolute atomic E-state index is 0.186. The summed E-state index contributed by atoms with van der Waals surface area (Å²) in [6.07, 6.45) is 2.38. The molecular weight excluding hydrogens is 274 g/mol. The number of halogens is 1. The van der Waals surface area contributed by atoms with Crippen molar-refractivity contribution in [3.8, 4) is 0 Å². The van der Waals surface area contributed by atoms with Crippen molar-refractivity contribution in [3.63, 3.8) is 0 Å². The van der Waals surface area contributed by atoms with Crippen LogP contribution < -0.4 is 5.73 Å². The number of aryl methyl sites for hydroxylation is 2. The average molecular weight is 296 g/mol. The summed E-state index contributed by atoms with van der Waals surface area (Å²) in [4.78, 5) is 0. The Hall–Kier alpha value is -1.33. The van der Waals surface area contributed by atoms with Gasteiger partial charge in [0.1, 0.15) is 0 Å². The second-order valence-electron chi connectivity index (χ2n) is 5.50. The summed E-state index contributed by atoms with van der Waals surface area (Å²) in [5, 5.41) is 9.37. The molecule has 2 N–H and O–H groups in total. The second-order valence-corrected chi connectivity index (χ2v) is 5.91. The molecule has 110 valence electrons. The van der Waals surface area contributed by atoms with E-state index in [4.69, 9.17) is 17.3 Å². The molecule has 2 heterocycles. The Bertz CT molecular complexity index is 611. The fraction of sp³-hybridized carbons (Fsp3) is 0.571. The highest BCUT2D eigenvalue weighted by atomic mass is 35.5. The van der Waals surface area contributed by atoms with Crippen molar-refractivity contribution in [2.75, 3.05) is 0 Å². The van der Waals surface area contributed by atoms with Crippen LogP contribution >= 0.6 is 11.6 Å². The van der Waals surface area contributed by atoms with Crippen LogP contribution in [0, 0.1) is 13.8 Å². The van der Waals surface area contributed by atoms with Gasteiger partial charge in [0.25, 0.3) is 0 Å². The molecule has 2 aromatic rings. The van der Waals surface area contributed by atoms with E-state index in [0.717, 1.165) is 17.1 Å². The van der Waals surface area contributed by atoms with Gasteiger partial charge in [0, 0.05) is 18.8 Å². The maximum Gasteiger partial charge on any atom is 0.0834 e. The summed E-state index contributed by atoms with van der Waals surface area (Å²) in [5.41, 5.74) is 10.6. The van der Waals surface area contributed by atoms with E-state index in [1.165, 1.54) is 5.56 Å². The first kappa shape index (κ1) is 15.1. The van der Waals surface area contributed by atoms with Gasteiger partial charge in [0.05, 0.1) is 28.6 Å². The summed E-state index contributed by atoms with van der Waals surface area (Å²) >= 11 is 6.25. The first-order valence-corrected chi connectivity index (χ1v) is 7.18. The lowest BCUT2D eigenvalue weighted by molar-refractivity contribution is 0.485. The fourth-order valence-corrected chi connectivity index (χ4v) is 2.81. The molecule has 0 bridgehead atoms. The van der Waals surface area contributed by atoms with Gasteiger partial charge in [-0.1, -0.05) is 11.6 Å². The molecule has 1 unspecified atom stereocenters. The van der Waals surface area contributed by atoms with Gasteiger partial charge in [-0.2, -0.15) is 10.2 Å². The minimum Gasteiger partial charge on any atom is -0.322 e. The standard InChI is InChI=1S/C14H22ClN5/c1-8(2)20-14(12(15)7-17-20)13(16)6-11-9(3)18-19(5)10(11)4/h7-8,13H,6,16H2,1-5H3. The van der Waals surface area contributed by atoms with E-state index in [2.05, 4.69) is 31.0 Å². The molecule has 0 aliphatic carbocycles. The van der Waals surface area contributed by atoms with Crippen LogP contribution in [-0.2, 0) is 13.5 Å². The van der Waals surface area contributed by atoms with Crippen molar-refractivity contribution >= 4 is 11.6 Å². The Balaban J connectivity index is 2.33. The van der Waals surface area contributed by atoms with Crippen LogP contribution in [0.15, 0.2) is 6.20 Å². The lowest BCUT2D eigenvalue weighted by Gasteiger charge is -2.17. The number of aromatic nitrogens is 4. The molecular formula is C14H22ClN5. The van der Waals surface area contributed by atoms with E-state index in [0.29, 0.717) is 11.4 Å². The maximum atomic E-state index is 6.38. The van der Waals surface area contributed by atoms with Gasteiger partial charge in [-0.05, 0) is 39.7 Å². The maximum absolute atomic E-state index is 6.38. The second kappa shape index (κ2) is 5.58. The molecule has 20 heavy (non-hydrogen) atoms. The molecule has 0 aliphatic heterocycles. The van der Waals surface area contributed by atoms with Crippen LogP contribution in [0.2, 0.25) is 5.02 Å². The summed E-state index contributed by atoms with van der Waals surface area (Å²) in [6, 6.07) is 0.0497. The first-order chi connectivity index (χ1) is 9.32. The molecule has 2 rings (SSSR count). The van der Waals surface area contributed by atoms with Gasteiger partial charge in [-0.25, -0.2) is 0 Å². The van der Waals surface area contributed by atoms with Gasteiger partial charge < -0.3 is 5.73 Å². The van der Waals surface area contributed by atoms with Crippen molar-refractivity contribution < 1.29 is 0 Å². The highest BCUT2D eigenvalue weighted by Gasteiger charge is 2.21. The highest BCUT2D eigenvalue weighted by molar-refractivity contribution is 6.31. The van der Waals surface area contributed by atoms with Crippen LogP contribution in [0.3, 0.4) is 0 Å². The molecule has 0 spiro atoms. The summed E-state index contributed by atoms with van der Waals surface area (Å²) < 4.78 is 3.78.